The molecule has 0 aromatic heterocycles. The first-order valence-corrected chi connectivity index (χ1v) is 4.32. The second-order valence-corrected chi connectivity index (χ2v) is 4.39. The molecule has 0 amide bonds. The maximum Gasteiger partial charge on any atom is 0.303 e. The van der Waals surface area contributed by atoms with Gasteiger partial charge in [-0.3, -0.25) is 4.79 Å². The largest absolute Gasteiger partial charge is 0.460 e. The van der Waals surface area contributed by atoms with Crippen LogP contribution in [-0.2, 0) is 9.53 Å². The summed E-state index contributed by atoms with van der Waals surface area (Å²) >= 11 is 0. The Hall–Kier alpha value is -0.570. The first-order valence-electron chi connectivity index (χ1n) is 4.32. The minimum absolute atomic E-state index is 0.0566. The highest BCUT2D eigenvalue weighted by atomic mass is 16.6. The van der Waals surface area contributed by atoms with E-state index in [-0.39, 0.29) is 11.5 Å². The summed E-state index contributed by atoms with van der Waals surface area (Å²) in [5.74, 6) is -0.232. The van der Waals surface area contributed by atoms with Gasteiger partial charge in [-0.25, -0.2) is 0 Å². The van der Waals surface area contributed by atoms with Crippen LogP contribution < -0.4 is 5.73 Å². The van der Waals surface area contributed by atoms with E-state index >= 15 is 0 Å². The Morgan fingerprint density at radius 3 is 2.42 bits per heavy atom. The topological polar surface area (TPSA) is 52.3 Å². The SMILES string of the molecule is CC(=O)OC(C)(C)CC1(N)CC1. The lowest BCUT2D eigenvalue weighted by Gasteiger charge is -2.27. The van der Waals surface area contributed by atoms with Gasteiger partial charge in [0.25, 0.3) is 0 Å². The quantitative estimate of drug-likeness (QED) is 0.649. The van der Waals surface area contributed by atoms with E-state index in [1.165, 1.54) is 6.92 Å². The lowest BCUT2D eigenvalue weighted by Crippen LogP contribution is -2.37. The minimum Gasteiger partial charge on any atom is -0.460 e. The average molecular weight is 171 g/mol. The molecule has 12 heavy (non-hydrogen) atoms. The first-order chi connectivity index (χ1) is 5.33. The number of nitrogens with two attached hydrogens (primary N) is 1. The van der Waals surface area contributed by atoms with Crippen molar-refractivity contribution in [1.82, 2.24) is 0 Å². The van der Waals surface area contributed by atoms with Gasteiger partial charge in [-0.15, -0.1) is 0 Å². The standard InChI is InChI=1S/C9H17NO2/c1-7(11)12-8(2,3)6-9(10)4-5-9/h4-6,10H2,1-3H3. The van der Waals surface area contributed by atoms with E-state index in [0.29, 0.717) is 0 Å². The van der Waals surface area contributed by atoms with Gasteiger partial charge in [0.05, 0.1) is 0 Å². The summed E-state index contributed by atoms with van der Waals surface area (Å²) < 4.78 is 5.13. The molecule has 1 saturated carbocycles. The van der Waals surface area contributed by atoms with Gasteiger partial charge in [-0.05, 0) is 26.7 Å². The zero-order valence-electron chi connectivity index (χ0n) is 8.02. The van der Waals surface area contributed by atoms with Crippen molar-refractivity contribution >= 4 is 5.97 Å². The summed E-state index contributed by atoms with van der Waals surface area (Å²) in [7, 11) is 0. The van der Waals surface area contributed by atoms with E-state index in [9.17, 15) is 4.79 Å². The Morgan fingerprint density at radius 2 is 2.08 bits per heavy atom. The third kappa shape index (κ3) is 2.81. The van der Waals surface area contributed by atoms with Gasteiger partial charge in [0.1, 0.15) is 5.60 Å². The molecule has 1 rings (SSSR count). The molecule has 1 aliphatic rings. The van der Waals surface area contributed by atoms with E-state index < -0.39 is 5.60 Å². The lowest BCUT2D eigenvalue weighted by molar-refractivity contribution is -0.154. The van der Waals surface area contributed by atoms with Crippen molar-refractivity contribution in [2.24, 2.45) is 5.73 Å². The number of hydrogen-bond acceptors (Lipinski definition) is 3. The van der Waals surface area contributed by atoms with Crippen LogP contribution in [0.5, 0.6) is 0 Å². The molecular weight excluding hydrogens is 154 g/mol. The third-order valence-electron chi connectivity index (χ3n) is 2.09. The Bertz CT molecular complexity index is 195. The summed E-state index contributed by atoms with van der Waals surface area (Å²) in [5, 5.41) is 0. The number of rotatable bonds is 3. The molecule has 0 bridgehead atoms. The molecule has 0 heterocycles. The maximum absolute atomic E-state index is 10.7. The van der Waals surface area contributed by atoms with Crippen molar-refractivity contribution in [2.45, 2.75) is 51.2 Å². The number of esters is 1. The van der Waals surface area contributed by atoms with Crippen molar-refractivity contribution in [3.63, 3.8) is 0 Å². The van der Waals surface area contributed by atoms with Crippen molar-refractivity contribution in [2.75, 3.05) is 0 Å². The molecule has 0 saturated heterocycles. The minimum atomic E-state index is -0.406. The van der Waals surface area contributed by atoms with Gasteiger partial charge < -0.3 is 10.5 Å². The average Bonchev–Trinajstić information content (AvgIpc) is 2.40. The molecule has 1 fully saturated rings. The van der Waals surface area contributed by atoms with Crippen LogP contribution in [0.15, 0.2) is 0 Å². The Labute approximate surface area is 73.3 Å². The molecule has 1 aliphatic carbocycles. The van der Waals surface area contributed by atoms with Crippen LogP contribution in [0.25, 0.3) is 0 Å². The van der Waals surface area contributed by atoms with Gasteiger partial charge in [0.2, 0.25) is 0 Å². The van der Waals surface area contributed by atoms with Gasteiger partial charge in [-0.1, -0.05) is 0 Å². The van der Waals surface area contributed by atoms with E-state index in [1.54, 1.807) is 0 Å². The predicted molar refractivity (Wildman–Crippen MR) is 46.6 cm³/mol. The van der Waals surface area contributed by atoms with E-state index in [2.05, 4.69) is 0 Å². The van der Waals surface area contributed by atoms with E-state index in [0.717, 1.165) is 19.3 Å². The predicted octanol–water partition coefficient (Wildman–Crippen LogP) is 1.21. The molecule has 2 N–H and O–H groups in total. The van der Waals surface area contributed by atoms with Crippen LogP contribution in [-0.4, -0.2) is 17.1 Å². The number of ether oxygens (including phenoxy) is 1. The van der Waals surface area contributed by atoms with E-state index in [4.69, 9.17) is 10.5 Å². The van der Waals surface area contributed by atoms with Crippen molar-refractivity contribution in [3.8, 4) is 0 Å². The maximum atomic E-state index is 10.7. The molecule has 0 aromatic carbocycles. The summed E-state index contributed by atoms with van der Waals surface area (Å²) in [6.07, 6.45) is 2.87. The van der Waals surface area contributed by atoms with Crippen molar-refractivity contribution in [3.05, 3.63) is 0 Å². The molecule has 0 spiro atoms. The normalized spacial score (nSPS) is 20.3. The molecule has 70 valence electrons. The molecule has 3 heteroatoms. The van der Waals surface area contributed by atoms with Crippen LogP contribution in [0, 0.1) is 0 Å². The second kappa shape index (κ2) is 2.73. The molecule has 0 aromatic rings. The second-order valence-electron chi connectivity index (χ2n) is 4.39. The Kier molecular flexibility index (Phi) is 2.17. The number of carbonyl (C=O) groups is 1. The summed E-state index contributed by atoms with van der Waals surface area (Å²) in [5.41, 5.74) is 5.45. The van der Waals surface area contributed by atoms with Crippen LogP contribution in [0.1, 0.15) is 40.0 Å². The molecule has 0 atom stereocenters. The zero-order chi connectivity index (χ0) is 9.41. The third-order valence-corrected chi connectivity index (χ3v) is 2.09. The van der Waals surface area contributed by atoms with Crippen molar-refractivity contribution in [1.29, 1.82) is 0 Å². The zero-order valence-corrected chi connectivity index (χ0v) is 8.02. The summed E-state index contributed by atoms with van der Waals surface area (Å²) in [6.45, 7) is 5.24. The number of carbonyl (C=O) groups excluding carboxylic acids is 1. The summed E-state index contributed by atoms with van der Waals surface area (Å²) in [4.78, 5) is 10.7. The molecular formula is C9H17NO2. The van der Waals surface area contributed by atoms with Crippen LogP contribution in [0.3, 0.4) is 0 Å². The molecule has 3 nitrogen and oxygen atoms in total. The monoisotopic (exact) mass is 171 g/mol. The molecule has 0 unspecified atom stereocenters. The van der Waals surface area contributed by atoms with Crippen molar-refractivity contribution < 1.29 is 9.53 Å². The lowest BCUT2D eigenvalue weighted by atomic mass is 9.98. The molecule has 0 aliphatic heterocycles. The Morgan fingerprint density at radius 1 is 1.58 bits per heavy atom. The van der Waals surface area contributed by atoms with Crippen LogP contribution >= 0.6 is 0 Å². The highest BCUT2D eigenvalue weighted by molar-refractivity contribution is 5.66. The van der Waals surface area contributed by atoms with Gasteiger partial charge in [-0.2, -0.15) is 0 Å². The highest BCUT2D eigenvalue weighted by Gasteiger charge is 2.43. The van der Waals surface area contributed by atoms with Gasteiger partial charge in [0, 0.05) is 18.9 Å². The van der Waals surface area contributed by atoms with Gasteiger partial charge >= 0.3 is 5.97 Å². The summed E-state index contributed by atoms with van der Waals surface area (Å²) in [6, 6.07) is 0. The number of hydrogen-bond donors (Lipinski definition) is 1. The fourth-order valence-corrected chi connectivity index (χ4v) is 1.61. The van der Waals surface area contributed by atoms with Gasteiger partial charge in [0.15, 0.2) is 0 Å². The fourth-order valence-electron chi connectivity index (χ4n) is 1.61. The Balaban J connectivity index is 2.42. The van der Waals surface area contributed by atoms with Crippen LogP contribution in [0.2, 0.25) is 0 Å². The highest BCUT2D eigenvalue weighted by Crippen LogP contribution is 2.40. The fraction of sp³-hybridized carbons (Fsp3) is 0.889. The smallest absolute Gasteiger partial charge is 0.303 e. The first kappa shape index (κ1) is 9.52. The van der Waals surface area contributed by atoms with Crippen LogP contribution in [0.4, 0.5) is 0 Å². The van der Waals surface area contributed by atoms with E-state index in [1.807, 2.05) is 13.8 Å². The molecule has 0 radical (unpaired) electrons.